The molecule has 0 radical (unpaired) electrons. The van der Waals surface area contributed by atoms with E-state index in [1.54, 1.807) is 17.0 Å². The van der Waals surface area contributed by atoms with Gasteiger partial charge in [0.05, 0.1) is 13.3 Å². The number of rotatable bonds is 4. The van der Waals surface area contributed by atoms with Crippen molar-refractivity contribution >= 4 is 17.5 Å². The summed E-state index contributed by atoms with van der Waals surface area (Å²) >= 11 is 0. The Morgan fingerprint density at radius 2 is 2.25 bits per heavy atom. The standard InChI is InChI=1S/C16H21N5O3/c1-10(2)8-11-15(22)17-6-7-20(11)16(23)12-9-18-13-4-5-14(24-3)19-21(12)13/h4-5,9-11H,6-8H2,1-3H3,(H,17,22). The molecule has 1 aliphatic heterocycles. The molecule has 0 spiro atoms. The monoisotopic (exact) mass is 331 g/mol. The van der Waals surface area contributed by atoms with Gasteiger partial charge in [0.25, 0.3) is 5.91 Å². The van der Waals surface area contributed by atoms with Gasteiger partial charge in [0, 0.05) is 19.2 Å². The van der Waals surface area contributed by atoms with E-state index >= 15 is 0 Å². The number of nitrogens with zero attached hydrogens (tertiary/aromatic N) is 4. The summed E-state index contributed by atoms with van der Waals surface area (Å²) in [5.74, 6) is 0.339. The largest absolute Gasteiger partial charge is 0.480 e. The lowest BCUT2D eigenvalue weighted by molar-refractivity contribution is -0.128. The van der Waals surface area contributed by atoms with Crippen LogP contribution >= 0.6 is 0 Å². The Morgan fingerprint density at radius 1 is 1.46 bits per heavy atom. The SMILES string of the molecule is COc1ccc2ncc(C(=O)N3CCNC(=O)C3CC(C)C)n2n1. The highest BCUT2D eigenvalue weighted by Gasteiger charge is 2.35. The van der Waals surface area contributed by atoms with Crippen LogP contribution in [0.4, 0.5) is 0 Å². The molecule has 0 aliphatic carbocycles. The quantitative estimate of drug-likeness (QED) is 0.892. The van der Waals surface area contributed by atoms with Gasteiger partial charge in [-0.1, -0.05) is 13.8 Å². The van der Waals surface area contributed by atoms with Crippen LogP contribution in [0.15, 0.2) is 18.3 Å². The average Bonchev–Trinajstić information content (AvgIpc) is 2.98. The maximum absolute atomic E-state index is 13.0. The Labute approximate surface area is 139 Å². The summed E-state index contributed by atoms with van der Waals surface area (Å²) < 4.78 is 6.57. The first kappa shape index (κ1) is 16.2. The second-order valence-corrected chi connectivity index (χ2v) is 6.22. The summed E-state index contributed by atoms with van der Waals surface area (Å²) in [5, 5.41) is 7.09. The highest BCUT2D eigenvalue weighted by Crippen LogP contribution is 2.19. The van der Waals surface area contributed by atoms with E-state index in [1.165, 1.54) is 17.8 Å². The van der Waals surface area contributed by atoms with Crippen LogP contribution in [0.25, 0.3) is 5.65 Å². The molecule has 0 aromatic carbocycles. The zero-order valence-corrected chi connectivity index (χ0v) is 14.0. The van der Waals surface area contributed by atoms with Crippen molar-refractivity contribution in [3.05, 3.63) is 24.0 Å². The first-order valence-electron chi connectivity index (χ1n) is 7.98. The van der Waals surface area contributed by atoms with Gasteiger partial charge in [-0.2, -0.15) is 0 Å². The molecule has 2 aromatic heterocycles. The van der Waals surface area contributed by atoms with E-state index in [0.717, 1.165) is 0 Å². The van der Waals surface area contributed by atoms with Crippen molar-refractivity contribution in [2.45, 2.75) is 26.3 Å². The van der Waals surface area contributed by atoms with Crippen molar-refractivity contribution in [2.75, 3.05) is 20.2 Å². The molecule has 1 saturated heterocycles. The number of hydrogen-bond acceptors (Lipinski definition) is 5. The summed E-state index contributed by atoms with van der Waals surface area (Å²) in [4.78, 5) is 31.1. The minimum atomic E-state index is -0.470. The molecule has 0 saturated carbocycles. The van der Waals surface area contributed by atoms with E-state index < -0.39 is 6.04 Å². The van der Waals surface area contributed by atoms with Crippen molar-refractivity contribution in [3.8, 4) is 5.88 Å². The predicted octanol–water partition coefficient (Wildman–Crippen LogP) is 0.725. The van der Waals surface area contributed by atoms with Gasteiger partial charge in [0.1, 0.15) is 6.04 Å². The number of imidazole rings is 1. The summed E-state index contributed by atoms with van der Waals surface area (Å²) in [6, 6.07) is 2.95. The van der Waals surface area contributed by atoms with E-state index in [4.69, 9.17) is 4.74 Å². The molecule has 2 aromatic rings. The average molecular weight is 331 g/mol. The third-order valence-corrected chi connectivity index (χ3v) is 4.05. The molecule has 3 rings (SSSR count). The highest BCUT2D eigenvalue weighted by molar-refractivity contribution is 5.97. The van der Waals surface area contributed by atoms with Crippen LogP contribution < -0.4 is 10.1 Å². The first-order chi connectivity index (χ1) is 11.5. The lowest BCUT2D eigenvalue weighted by Gasteiger charge is -2.35. The van der Waals surface area contributed by atoms with Crippen LogP contribution in [0.2, 0.25) is 0 Å². The molecule has 3 heterocycles. The fourth-order valence-corrected chi connectivity index (χ4v) is 2.90. The molecule has 1 N–H and O–H groups in total. The summed E-state index contributed by atoms with van der Waals surface area (Å²) in [6.45, 7) is 4.99. The third kappa shape index (κ3) is 2.91. The van der Waals surface area contributed by atoms with Gasteiger partial charge in [-0.3, -0.25) is 9.59 Å². The van der Waals surface area contributed by atoms with Crippen molar-refractivity contribution in [1.82, 2.24) is 24.8 Å². The number of ether oxygens (including phenoxy) is 1. The van der Waals surface area contributed by atoms with E-state index in [2.05, 4.69) is 15.4 Å². The Bertz CT molecular complexity index is 770. The van der Waals surface area contributed by atoms with Gasteiger partial charge < -0.3 is 15.0 Å². The third-order valence-electron chi connectivity index (χ3n) is 4.05. The number of aromatic nitrogens is 3. The molecule has 24 heavy (non-hydrogen) atoms. The minimum absolute atomic E-state index is 0.109. The molecule has 1 unspecified atom stereocenters. The fourth-order valence-electron chi connectivity index (χ4n) is 2.90. The number of carbonyl (C=O) groups is 2. The maximum Gasteiger partial charge on any atom is 0.274 e. The van der Waals surface area contributed by atoms with Crippen molar-refractivity contribution in [1.29, 1.82) is 0 Å². The molecular weight excluding hydrogens is 310 g/mol. The van der Waals surface area contributed by atoms with Gasteiger partial charge in [-0.25, -0.2) is 9.50 Å². The summed E-state index contributed by atoms with van der Waals surface area (Å²) in [5.41, 5.74) is 0.883. The zero-order valence-electron chi connectivity index (χ0n) is 14.0. The lowest BCUT2D eigenvalue weighted by Crippen LogP contribution is -2.57. The Morgan fingerprint density at radius 3 is 2.96 bits per heavy atom. The topological polar surface area (TPSA) is 88.8 Å². The predicted molar refractivity (Wildman–Crippen MR) is 86.8 cm³/mol. The molecule has 1 atom stereocenters. The minimum Gasteiger partial charge on any atom is -0.480 e. The van der Waals surface area contributed by atoms with Crippen LogP contribution in [0.5, 0.6) is 5.88 Å². The fraction of sp³-hybridized carbons (Fsp3) is 0.500. The maximum atomic E-state index is 13.0. The Hall–Kier alpha value is -2.64. The molecule has 128 valence electrons. The number of piperazine rings is 1. The molecular formula is C16H21N5O3. The van der Waals surface area contributed by atoms with E-state index in [-0.39, 0.29) is 11.8 Å². The van der Waals surface area contributed by atoms with Crippen LogP contribution in [-0.4, -0.2) is 57.6 Å². The van der Waals surface area contributed by atoms with E-state index in [9.17, 15) is 9.59 Å². The molecule has 2 amide bonds. The number of hydrogen-bond donors (Lipinski definition) is 1. The molecule has 0 bridgehead atoms. The molecule has 1 aliphatic rings. The first-order valence-corrected chi connectivity index (χ1v) is 7.98. The number of nitrogens with one attached hydrogen (secondary N) is 1. The number of carbonyl (C=O) groups excluding carboxylic acids is 2. The van der Waals surface area contributed by atoms with Crippen molar-refractivity contribution < 1.29 is 14.3 Å². The van der Waals surface area contributed by atoms with Gasteiger partial charge in [-0.15, -0.1) is 5.10 Å². The zero-order chi connectivity index (χ0) is 17.3. The summed E-state index contributed by atoms with van der Waals surface area (Å²) in [7, 11) is 1.51. The second kappa shape index (κ2) is 6.46. The number of fused-ring (bicyclic) bond motifs is 1. The van der Waals surface area contributed by atoms with Gasteiger partial charge >= 0.3 is 0 Å². The lowest BCUT2D eigenvalue weighted by atomic mass is 10.00. The molecule has 1 fully saturated rings. The van der Waals surface area contributed by atoms with Gasteiger partial charge in [0.15, 0.2) is 11.3 Å². The van der Waals surface area contributed by atoms with Crippen LogP contribution in [0.3, 0.4) is 0 Å². The second-order valence-electron chi connectivity index (χ2n) is 6.22. The Kier molecular flexibility index (Phi) is 4.37. The number of methoxy groups -OCH3 is 1. The Balaban J connectivity index is 1.96. The summed E-state index contributed by atoms with van der Waals surface area (Å²) in [6.07, 6.45) is 2.11. The van der Waals surface area contributed by atoms with E-state index in [1.807, 2.05) is 13.8 Å². The normalized spacial score (nSPS) is 18.1. The van der Waals surface area contributed by atoms with Crippen molar-refractivity contribution in [3.63, 3.8) is 0 Å². The van der Waals surface area contributed by atoms with Gasteiger partial charge in [0.2, 0.25) is 11.8 Å². The van der Waals surface area contributed by atoms with Crippen molar-refractivity contribution in [2.24, 2.45) is 5.92 Å². The smallest absolute Gasteiger partial charge is 0.274 e. The number of amides is 2. The van der Waals surface area contributed by atoms with Gasteiger partial charge in [-0.05, 0) is 18.4 Å². The van der Waals surface area contributed by atoms with Crippen LogP contribution in [0, 0.1) is 5.92 Å². The molecule has 8 nitrogen and oxygen atoms in total. The molecule has 8 heteroatoms. The van der Waals surface area contributed by atoms with E-state index in [0.29, 0.717) is 42.6 Å². The van der Waals surface area contributed by atoms with Crippen LogP contribution in [0.1, 0.15) is 30.8 Å². The van der Waals surface area contributed by atoms with Crippen LogP contribution in [-0.2, 0) is 4.79 Å². The highest BCUT2D eigenvalue weighted by atomic mass is 16.5.